The highest BCUT2D eigenvalue weighted by Crippen LogP contribution is 2.24. The van der Waals surface area contributed by atoms with Crippen molar-refractivity contribution in [2.75, 3.05) is 0 Å². The fraction of sp³-hybridized carbons (Fsp3) is 0.500. The molecule has 0 aromatic heterocycles. The van der Waals surface area contributed by atoms with Gasteiger partial charge in [-0.15, -0.1) is 0 Å². The van der Waals surface area contributed by atoms with Crippen LogP contribution < -0.4 is 5.32 Å². The van der Waals surface area contributed by atoms with Crippen molar-refractivity contribution in [3.8, 4) is 0 Å². The Bertz CT molecular complexity index is 927. The van der Waals surface area contributed by atoms with Gasteiger partial charge < -0.3 is 24.3 Å². The Kier molecular flexibility index (Phi) is 9.69. The van der Waals surface area contributed by atoms with Crippen LogP contribution in [0.25, 0.3) is 0 Å². The molecule has 1 aliphatic heterocycles. The number of ether oxygens (including phenoxy) is 4. The van der Waals surface area contributed by atoms with Gasteiger partial charge in [0.25, 0.3) is 0 Å². The van der Waals surface area contributed by atoms with Crippen LogP contribution in [0.1, 0.15) is 58.1 Å². The molecule has 190 valence electrons. The summed E-state index contributed by atoms with van der Waals surface area (Å²) < 4.78 is 23.7. The maximum atomic E-state index is 12.9. The van der Waals surface area contributed by atoms with E-state index in [2.05, 4.69) is 5.32 Å². The molecule has 4 atom stereocenters. The maximum Gasteiger partial charge on any atom is 0.408 e. The molecule has 0 unspecified atom stereocenters. The van der Waals surface area contributed by atoms with E-state index in [1.807, 2.05) is 67.6 Å². The number of benzene rings is 2. The molecule has 1 N–H and O–H groups in total. The van der Waals surface area contributed by atoms with Gasteiger partial charge in [0.2, 0.25) is 0 Å². The van der Waals surface area contributed by atoms with Crippen LogP contribution in [0.3, 0.4) is 0 Å². The molecular weight excluding hydrogens is 446 g/mol. The molecule has 0 spiro atoms. The summed E-state index contributed by atoms with van der Waals surface area (Å²) in [6.07, 6.45) is -0.257. The molecular formula is C28H37NO6. The SMILES string of the molecule is C[C@@H]1OC(=O)[C@@H](NC(=O)OC(C)(C)C)CCC[C@H](OCc2ccccc2)[C@H]1OCc1ccccc1. The molecule has 2 aromatic rings. The zero-order valence-electron chi connectivity index (χ0n) is 21.1. The summed E-state index contributed by atoms with van der Waals surface area (Å²) >= 11 is 0. The number of hydrogen-bond acceptors (Lipinski definition) is 6. The average Bonchev–Trinajstić information content (AvgIpc) is 2.85. The van der Waals surface area contributed by atoms with Crippen LogP contribution in [-0.2, 0) is 37.0 Å². The molecule has 7 nitrogen and oxygen atoms in total. The quantitative estimate of drug-likeness (QED) is 0.548. The van der Waals surface area contributed by atoms with Crippen molar-refractivity contribution in [3.05, 3.63) is 71.8 Å². The standard InChI is InChI=1S/C28H37NO6/c1-20-25(33-19-22-14-9-6-10-15-22)24(32-18-21-12-7-5-8-13-21)17-11-16-23(26(30)34-20)29-27(31)35-28(2,3)4/h5-10,12-15,20,23-25H,11,16-19H2,1-4H3,(H,29,31)/t20-,23-,24-,25-/m0/s1. The Balaban J connectivity index is 1.72. The summed E-state index contributed by atoms with van der Waals surface area (Å²) in [6.45, 7) is 7.94. The van der Waals surface area contributed by atoms with Crippen LogP contribution in [0.5, 0.6) is 0 Å². The van der Waals surface area contributed by atoms with Crippen molar-refractivity contribution in [2.45, 2.75) is 90.1 Å². The van der Waals surface area contributed by atoms with E-state index < -0.39 is 35.9 Å². The fourth-order valence-electron chi connectivity index (χ4n) is 3.99. The second-order valence-electron chi connectivity index (χ2n) is 9.87. The number of alkyl carbamates (subject to hydrolysis) is 1. The largest absolute Gasteiger partial charge is 0.458 e. The lowest BCUT2D eigenvalue weighted by Crippen LogP contribution is -2.46. The van der Waals surface area contributed by atoms with Gasteiger partial charge in [0.1, 0.15) is 23.9 Å². The van der Waals surface area contributed by atoms with E-state index >= 15 is 0 Å². The first-order valence-electron chi connectivity index (χ1n) is 12.2. The van der Waals surface area contributed by atoms with Crippen molar-refractivity contribution < 1.29 is 28.5 Å². The van der Waals surface area contributed by atoms with Crippen LogP contribution in [0, 0.1) is 0 Å². The number of carbonyl (C=O) groups is 2. The Hall–Kier alpha value is -2.90. The molecule has 35 heavy (non-hydrogen) atoms. The zero-order valence-corrected chi connectivity index (χ0v) is 21.1. The molecule has 0 radical (unpaired) electrons. The number of amides is 1. The zero-order chi connectivity index (χ0) is 25.3. The van der Waals surface area contributed by atoms with E-state index in [9.17, 15) is 9.59 Å². The molecule has 0 aliphatic carbocycles. The van der Waals surface area contributed by atoms with Gasteiger partial charge in [0.05, 0.1) is 19.3 Å². The Labute approximate surface area is 208 Å². The van der Waals surface area contributed by atoms with Crippen molar-refractivity contribution in [1.29, 1.82) is 0 Å². The molecule has 1 saturated heterocycles. The highest BCUT2D eigenvalue weighted by molar-refractivity contribution is 5.81. The number of cyclic esters (lactones) is 1. The minimum atomic E-state index is -0.796. The lowest BCUT2D eigenvalue weighted by atomic mass is 10.0. The summed E-state index contributed by atoms with van der Waals surface area (Å²) in [5.74, 6) is -0.500. The van der Waals surface area contributed by atoms with Crippen LogP contribution in [0.4, 0.5) is 4.79 Å². The molecule has 0 bridgehead atoms. The Morgan fingerprint density at radius 1 is 0.943 bits per heavy atom. The summed E-state index contributed by atoms with van der Waals surface area (Å²) in [5.41, 5.74) is 1.42. The first-order valence-corrected chi connectivity index (χ1v) is 12.2. The molecule has 2 aromatic carbocycles. The van der Waals surface area contributed by atoms with E-state index in [0.717, 1.165) is 11.1 Å². The molecule has 3 rings (SSSR count). The number of nitrogens with one attached hydrogen (secondary N) is 1. The highest BCUT2D eigenvalue weighted by atomic mass is 16.6. The Morgan fingerprint density at radius 2 is 1.51 bits per heavy atom. The number of esters is 1. The van der Waals surface area contributed by atoms with Crippen molar-refractivity contribution in [1.82, 2.24) is 5.32 Å². The van der Waals surface area contributed by atoms with E-state index in [4.69, 9.17) is 18.9 Å². The third-order valence-corrected chi connectivity index (χ3v) is 5.68. The molecule has 1 aliphatic rings. The fourth-order valence-corrected chi connectivity index (χ4v) is 3.99. The van der Waals surface area contributed by atoms with Crippen molar-refractivity contribution in [2.24, 2.45) is 0 Å². The second-order valence-corrected chi connectivity index (χ2v) is 9.87. The summed E-state index contributed by atoms with van der Waals surface area (Å²) in [6, 6.07) is 19.0. The highest BCUT2D eigenvalue weighted by Gasteiger charge is 2.36. The minimum absolute atomic E-state index is 0.290. The third-order valence-electron chi connectivity index (χ3n) is 5.68. The van der Waals surface area contributed by atoms with Crippen LogP contribution >= 0.6 is 0 Å². The van der Waals surface area contributed by atoms with E-state index in [1.165, 1.54) is 0 Å². The predicted octanol–water partition coefficient (Wildman–Crippen LogP) is 5.17. The van der Waals surface area contributed by atoms with Crippen molar-refractivity contribution >= 4 is 12.1 Å². The van der Waals surface area contributed by atoms with Gasteiger partial charge in [-0.3, -0.25) is 0 Å². The Morgan fingerprint density at radius 3 is 2.09 bits per heavy atom. The van der Waals surface area contributed by atoms with Gasteiger partial charge in [-0.1, -0.05) is 60.7 Å². The summed E-state index contributed by atoms with van der Waals surface area (Å²) in [7, 11) is 0. The molecule has 1 fully saturated rings. The number of rotatable bonds is 7. The molecule has 1 amide bonds. The lowest BCUT2D eigenvalue weighted by Gasteiger charge is -2.31. The van der Waals surface area contributed by atoms with E-state index in [0.29, 0.717) is 32.5 Å². The van der Waals surface area contributed by atoms with Gasteiger partial charge in [0, 0.05) is 0 Å². The van der Waals surface area contributed by atoms with Gasteiger partial charge in [-0.05, 0) is 58.1 Å². The maximum absolute atomic E-state index is 12.9. The molecule has 0 saturated carbocycles. The average molecular weight is 484 g/mol. The van der Waals surface area contributed by atoms with Gasteiger partial charge >= 0.3 is 12.1 Å². The number of carbonyl (C=O) groups excluding carboxylic acids is 2. The first kappa shape index (κ1) is 26.7. The van der Waals surface area contributed by atoms with Gasteiger partial charge in [0.15, 0.2) is 0 Å². The smallest absolute Gasteiger partial charge is 0.408 e. The monoisotopic (exact) mass is 483 g/mol. The number of hydrogen-bond donors (Lipinski definition) is 1. The topological polar surface area (TPSA) is 83.1 Å². The van der Waals surface area contributed by atoms with Crippen LogP contribution in [0.2, 0.25) is 0 Å². The van der Waals surface area contributed by atoms with Crippen LogP contribution in [-0.4, -0.2) is 42.0 Å². The normalized spacial score (nSPS) is 23.4. The van der Waals surface area contributed by atoms with E-state index in [1.54, 1.807) is 20.8 Å². The second kappa shape index (κ2) is 12.7. The molecule has 7 heteroatoms. The van der Waals surface area contributed by atoms with Crippen LogP contribution in [0.15, 0.2) is 60.7 Å². The summed E-state index contributed by atoms with van der Waals surface area (Å²) in [4.78, 5) is 25.2. The van der Waals surface area contributed by atoms with E-state index in [-0.39, 0.29) is 6.10 Å². The minimum Gasteiger partial charge on any atom is -0.458 e. The summed E-state index contributed by atoms with van der Waals surface area (Å²) in [5, 5.41) is 2.67. The lowest BCUT2D eigenvalue weighted by molar-refractivity contribution is -0.170. The first-order chi connectivity index (χ1) is 16.7. The van der Waals surface area contributed by atoms with Gasteiger partial charge in [-0.2, -0.15) is 0 Å². The van der Waals surface area contributed by atoms with Crippen molar-refractivity contribution in [3.63, 3.8) is 0 Å². The third kappa shape index (κ3) is 9.00. The predicted molar refractivity (Wildman–Crippen MR) is 133 cm³/mol. The van der Waals surface area contributed by atoms with Gasteiger partial charge in [-0.25, -0.2) is 9.59 Å². The molecule has 1 heterocycles.